The minimum Gasteiger partial charge on any atom is -0.313 e. The molecule has 20 heavy (non-hydrogen) atoms. The van der Waals surface area contributed by atoms with Gasteiger partial charge < -0.3 is 5.32 Å². The first kappa shape index (κ1) is 13.2. The van der Waals surface area contributed by atoms with Crippen molar-refractivity contribution in [1.29, 1.82) is 0 Å². The first-order valence-corrected chi connectivity index (χ1v) is 7.23. The smallest absolute Gasteiger partial charge is 0.159 e. The average molecular weight is 268 g/mol. The van der Waals surface area contributed by atoms with Crippen molar-refractivity contribution in [2.75, 3.05) is 7.05 Å². The molecule has 0 saturated heterocycles. The normalized spacial score (nSPS) is 18.4. The van der Waals surface area contributed by atoms with E-state index in [4.69, 9.17) is 4.98 Å². The van der Waals surface area contributed by atoms with E-state index in [9.17, 15) is 0 Å². The zero-order chi connectivity index (χ0) is 13.9. The van der Waals surface area contributed by atoms with Gasteiger partial charge in [-0.15, -0.1) is 0 Å². The van der Waals surface area contributed by atoms with Crippen LogP contribution in [0.25, 0.3) is 11.4 Å². The molecule has 1 atom stereocenters. The Morgan fingerprint density at radius 3 is 2.95 bits per heavy atom. The van der Waals surface area contributed by atoms with E-state index in [1.165, 1.54) is 30.5 Å². The molecule has 0 saturated carbocycles. The van der Waals surface area contributed by atoms with Gasteiger partial charge in [-0.05, 0) is 44.9 Å². The van der Waals surface area contributed by atoms with Gasteiger partial charge in [-0.3, -0.25) is 4.98 Å². The van der Waals surface area contributed by atoms with E-state index in [1.54, 1.807) is 6.20 Å². The Morgan fingerprint density at radius 2 is 2.15 bits per heavy atom. The summed E-state index contributed by atoms with van der Waals surface area (Å²) >= 11 is 0. The lowest BCUT2D eigenvalue weighted by atomic mass is 10.0. The minimum atomic E-state index is 0.389. The Kier molecular flexibility index (Phi) is 3.74. The van der Waals surface area contributed by atoms with Crippen LogP contribution in [-0.2, 0) is 6.42 Å². The van der Waals surface area contributed by atoms with E-state index in [2.05, 4.69) is 15.3 Å². The van der Waals surface area contributed by atoms with Crippen molar-refractivity contribution in [1.82, 2.24) is 20.3 Å². The number of hydrogen-bond donors (Lipinski definition) is 1. The Hall–Kier alpha value is -1.81. The molecule has 0 fully saturated rings. The third-order valence-electron chi connectivity index (χ3n) is 4.04. The zero-order valence-corrected chi connectivity index (χ0v) is 12.1. The number of aromatic nitrogens is 3. The maximum atomic E-state index is 4.82. The van der Waals surface area contributed by atoms with Gasteiger partial charge in [-0.1, -0.05) is 6.42 Å². The lowest BCUT2D eigenvalue weighted by Gasteiger charge is -2.16. The molecule has 3 rings (SSSR count). The third kappa shape index (κ3) is 2.43. The Morgan fingerprint density at radius 1 is 1.25 bits per heavy atom. The summed E-state index contributed by atoms with van der Waals surface area (Å²) in [5.41, 5.74) is 4.66. The van der Waals surface area contributed by atoms with Crippen molar-refractivity contribution in [2.24, 2.45) is 0 Å². The van der Waals surface area contributed by atoms with Crippen LogP contribution in [0.2, 0.25) is 0 Å². The molecular formula is C16H20N4. The second-order valence-electron chi connectivity index (χ2n) is 5.37. The maximum Gasteiger partial charge on any atom is 0.159 e. The summed E-state index contributed by atoms with van der Waals surface area (Å²) in [5, 5.41) is 3.38. The lowest BCUT2D eigenvalue weighted by molar-refractivity contribution is 0.532. The van der Waals surface area contributed by atoms with Crippen LogP contribution in [0.5, 0.6) is 0 Å². The van der Waals surface area contributed by atoms with Gasteiger partial charge >= 0.3 is 0 Å². The first-order chi connectivity index (χ1) is 9.79. The number of nitrogens with one attached hydrogen (secondary N) is 1. The summed E-state index contributed by atoms with van der Waals surface area (Å²) in [7, 11) is 2.01. The van der Waals surface area contributed by atoms with Crippen molar-refractivity contribution in [2.45, 2.75) is 38.6 Å². The fourth-order valence-corrected chi connectivity index (χ4v) is 2.87. The quantitative estimate of drug-likeness (QED) is 0.851. The topological polar surface area (TPSA) is 50.7 Å². The van der Waals surface area contributed by atoms with Gasteiger partial charge in [-0.25, -0.2) is 9.97 Å². The van der Waals surface area contributed by atoms with Crippen molar-refractivity contribution in [3.8, 4) is 11.4 Å². The van der Waals surface area contributed by atoms with Crippen LogP contribution in [0.15, 0.2) is 24.7 Å². The highest BCUT2D eigenvalue weighted by atomic mass is 14.9. The van der Waals surface area contributed by atoms with Crippen LogP contribution in [0, 0.1) is 6.92 Å². The molecule has 1 N–H and O–H groups in total. The molecule has 1 unspecified atom stereocenters. The summed E-state index contributed by atoms with van der Waals surface area (Å²) in [6, 6.07) is 2.38. The Balaban J connectivity index is 2.05. The van der Waals surface area contributed by atoms with Crippen molar-refractivity contribution in [3.63, 3.8) is 0 Å². The van der Waals surface area contributed by atoms with Gasteiger partial charge in [-0.2, -0.15) is 0 Å². The van der Waals surface area contributed by atoms with Crippen LogP contribution >= 0.6 is 0 Å². The molecule has 0 spiro atoms. The van der Waals surface area contributed by atoms with Crippen LogP contribution in [-0.4, -0.2) is 22.0 Å². The summed E-state index contributed by atoms with van der Waals surface area (Å²) in [6.07, 6.45) is 10.3. The van der Waals surface area contributed by atoms with Crippen molar-refractivity contribution in [3.05, 3.63) is 41.5 Å². The summed E-state index contributed by atoms with van der Waals surface area (Å²) < 4.78 is 0. The fourth-order valence-electron chi connectivity index (χ4n) is 2.87. The van der Waals surface area contributed by atoms with Gasteiger partial charge in [0, 0.05) is 41.5 Å². The van der Waals surface area contributed by atoms with Crippen LogP contribution in [0.1, 0.15) is 42.1 Å². The van der Waals surface area contributed by atoms with Crippen molar-refractivity contribution < 1.29 is 0 Å². The van der Waals surface area contributed by atoms with E-state index in [1.807, 2.05) is 32.4 Å². The van der Waals surface area contributed by atoms with Crippen molar-refractivity contribution >= 4 is 0 Å². The summed E-state index contributed by atoms with van der Waals surface area (Å²) in [4.78, 5) is 13.5. The highest BCUT2D eigenvalue weighted by Crippen LogP contribution is 2.28. The number of fused-ring (bicyclic) bond motifs is 1. The lowest BCUT2D eigenvalue weighted by Crippen LogP contribution is -2.17. The maximum absolute atomic E-state index is 4.82. The van der Waals surface area contributed by atoms with E-state index < -0.39 is 0 Å². The molecule has 4 nitrogen and oxygen atoms in total. The predicted octanol–water partition coefficient (Wildman–Crippen LogP) is 2.83. The van der Waals surface area contributed by atoms with Gasteiger partial charge in [0.05, 0.1) is 0 Å². The summed E-state index contributed by atoms with van der Waals surface area (Å²) in [6.45, 7) is 2.05. The largest absolute Gasteiger partial charge is 0.313 e. The number of nitrogens with zero attached hydrogens (tertiary/aromatic N) is 3. The second kappa shape index (κ2) is 5.67. The van der Waals surface area contributed by atoms with E-state index in [0.29, 0.717) is 6.04 Å². The molecular weight excluding hydrogens is 248 g/mol. The van der Waals surface area contributed by atoms with Gasteiger partial charge in [0.2, 0.25) is 0 Å². The standard InChI is InChI=1S/C16H20N4/c1-11-9-18-8-7-12(11)16-19-10-13-14(17-2)5-3-4-6-15(13)20-16/h7-10,14,17H,3-6H2,1-2H3. The monoisotopic (exact) mass is 268 g/mol. The predicted molar refractivity (Wildman–Crippen MR) is 79.4 cm³/mol. The van der Waals surface area contributed by atoms with Crippen LogP contribution < -0.4 is 5.32 Å². The highest BCUT2D eigenvalue weighted by Gasteiger charge is 2.19. The average Bonchev–Trinajstić information content (AvgIpc) is 2.69. The number of pyridine rings is 1. The van der Waals surface area contributed by atoms with E-state index in [-0.39, 0.29) is 0 Å². The highest BCUT2D eigenvalue weighted by molar-refractivity contribution is 5.59. The van der Waals surface area contributed by atoms with Crippen LogP contribution in [0.3, 0.4) is 0 Å². The molecule has 1 aliphatic carbocycles. The van der Waals surface area contributed by atoms with Crippen LogP contribution in [0.4, 0.5) is 0 Å². The molecule has 0 aliphatic heterocycles. The fraction of sp³-hybridized carbons (Fsp3) is 0.438. The molecule has 0 amide bonds. The van der Waals surface area contributed by atoms with Gasteiger partial charge in [0.25, 0.3) is 0 Å². The molecule has 104 valence electrons. The molecule has 0 radical (unpaired) electrons. The molecule has 2 aromatic rings. The van der Waals surface area contributed by atoms with Gasteiger partial charge in [0.1, 0.15) is 0 Å². The molecule has 0 aromatic carbocycles. The summed E-state index contributed by atoms with van der Waals surface area (Å²) in [5.74, 6) is 0.820. The minimum absolute atomic E-state index is 0.389. The van der Waals surface area contributed by atoms with Gasteiger partial charge in [0.15, 0.2) is 5.82 Å². The number of aryl methyl sites for hydroxylation is 2. The molecule has 2 heterocycles. The van der Waals surface area contributed by atoms with E-state index in [0.717, 1.165) is 23.4 Å². The molecule has 1 aliphatic rings. The number of rotatable bonds is 2. The SMILES string of the molecule is CNC1CCCCc2nc(-c3ccncc3C)ncc21. The Bertz CT molecular complexity index is 609. The molecule has 0 bridgehead atoms. The Labute approximate surface area is 119 Å². The molecule has 2 aromatic heterocycles. The molecule has 4 heteroatoms. The number of hydrogen-bond acceptors (Lipinski definition) is 4. The first-order valence-electron chi connectivity index (χ1n) is 7.23. The second-order valence-corrected chi connectivity index (χ2v) is 5.37. The van der Waals surface area contributed by atoms with E-state index >= 15 is 0 Å². The third-order valence-corrected chi connectivity index (χ3v) is 4.04. The zero-order valence-electron chi connectivity index (χ0n) is 12.1.